The Morgan fingerprint density at radius 1 is 1.13 bits per heavy atom. The summed E-state index contributed by atoms with van der Waals surface area (Å²) in [6.07, 6.45) is -0.739. The molecule has 1 rings (SSSR count). The van der Waals surface area contributed by atoms with E-state index in [0.717, 1.165) is 0 Å². The first-order valence-corrected chi connectivity index (χ1v) is 5.72. The van der Waals surface area contributed by atoms with Gasteiger partial charge in [-0.3, -0.25) is 0 Å². The fourth-order valence-corrected chi connectivity index (χ4v) is 1.53. The van der Waals surface area contributed by atoms with E-state index >= 15 is 0 Å². The second-order valence-electron chi connectivity index (χ2n) is 2.82. The molecule has 6 heteroatoms. The Balaban J connectivity index is 2.73. The van der Waals surface area contributed by atoms with Crippen molar-refractivity contribution in [3.8, 4) is 5.75 Å². The van der Waals surface area contributed by atoms with Crippen LogP contribution in [0.15, 0.2) is 12.1 Å². The lowest BCUT2D eigenvalue weighted by Gasteiger charge is -2.11. The number of alkyl halides is 1. The normalized spacial score (nSPS) is 12.6. The lowest BCUT2D eigenvalue weighted by Crippen LogP contribution is -2.18. The van der Waals surface area contributed by atoms with Crippen molar-refractivity contribution in [3.05, 3.63) is 27.2 Å². The third kappa shape index (κ3) is 3.89. The van der Waals surface area contributed by atoms with E-state index in [0.29, 0.717) is 20.8 Å². The van der Waals surface area contributed by atoms with Gasteiger partial charge in [0, 0.05) is 6.07 Å². The summed E-state index contributed by atoms with van der Waals surface area (Å²) in [5.74, 6) is 0.467. The molecule has 0 radical (unpaired) electrons. The zero-order valence-corrected chi connectivity index (χ0v) is 10.5. The van der Waals surface area contributed by atoms with Crippen LogP contribution in [0.2, 0.25) is 15.1 Å². The van der Waals surface area contributed by atoms with Crippen LogP contribution in [-0.2, 0) is 0 Å². The molecule has 15 heavy (non-hydrogen) atoms. The zero-order chi connectivity index (χ0) is 11.4. The fourth-order valence-electron chi connectivity index (χ4n) is 0.845. The minimum atomic E-state index is -0.739. The van der Waals surface area contributed by atoms with Crippen molar-refractivity contribution in [1.29, 1.82) is 0 Å². The molecule has 0 saturated carbocycles. The number of ether oxygens (including phenoxy) is 1. The van der Waals surface area contributed by atoms with Gasteiger partial charge in [-0.1, -0.05) is 34.8 Å². The number of halogens is 4. The van der Waals surface area contributed by atoms with Crippen molar-refractivity contribution < 1.29 is 9.84 Å². The summed E-state index contributed by atoms with van der Waals surface area (Å²) < 4.78 is 5.22. The van der Waals surface area contributed by atoms with Gasteiger partial charge in [-0.25, -0.2) is 0 Å². The molecular weight excluding hydrogens is 282 g/mol. The largest absolute Gasteiger partial charge is 0.489 e. The highest BCUT2D eigenvalue weighted by atomic mass is 35.5. The van der Waals surface area contributed by atoms with Gasteiger partial charge in [0.2, 0.25) is 0 Å². The topological polar surface area (TPSA) is 29.5 Å². The molecule has 0 saturated heterocycles. The Labute approximate surface area is 108 Å². The Bertz CT molecular complexity index is 343. The van der Waals surface area contributed by atoms with E-state index in [1.807, 2.05) is 0 Å². The average molecular weight is 290 g/mol. The summed E-state index contributed by atoms with van der Waals surface area (Å²) in [6, 6.07) is 2.97. The minimum Gasteiger partial charge on any atom is -0.489 e. The highest BCUT2D eigenvalue weighted by Crippen LogP contribution is 2.33. The van der Waals surface area contributed by atoms with Gasteiger partial charge < -0.3 is 9.84 Å². The van der Waals surface area contributed by atoms with Gasteiger partial charge in [0.05, 0.1) is 20.9 Å². The first-order chi connectivity index (χ1) is 7.04. The second-order valence-corrected chi connectivity index (χ2v) is 4.35. The molecule has 0 amide bonds. The number of rotatable bonds is 4. The molecule has 1 N–H and O–H groups in total. The van der Waals surface area contributed by atoms with Gasteiger partial charge in [-0.05, 0) is 6.07 Å². The maximum absolute atomic E-state index is 9.17. The van der Waals surface area contributed by atoms with Gasteiger partial charge in [0.15, 0.2) is 0 Å². The molecule has 0 bridgehead atoms. The van der Waals surface area contributed by atoms with E-state index in [2.05, 4.69) is 0 Å². The molecule has 0 aliphatic rings. The van der Waals surface area contributed by atoms with Crippen molar-refractivity contribution in [3.63, 3.8) is 0 Å². The number of benzene rings is 1. The SMILES string of the molecule is OC(CCl)COc1cc(Cl)c(Cl)cc1Cl. The van der Waals surface area contributed by atoms with Gasteiger partial charge in [-0.2, -0.15) is 0 Å². The maximum Gasteiger partial charge on any atom is 0.139 e. The highest BCUT2D eigenvalue weighted by Gasteiger charge is 2.09. The van der Waals surface area contributed by atoms with Crippen molar-refractivity contribution in [1.82, 2.24) is 0 Å². The summed E-state index contributed by atoms with van der Waals surface area (Å²) >= 11 is 22.8. The summed E-state index contributed by atoms with van der Waals surface area (Å²) in [5, 5.41) is 10.2. The van der Waals surface area contributed by atoms with Gasteiger partial charge >= 0.3 is 0 Å². The second kappa shape index (κ2) is 6.02. The molecule has 0 spiro atoms. The van der Waals surface area contributed by atoms with Crippen LogP contribution in [0.4, 0.5) is 0 Å². The van der Waals surface area contributed by atoms with Crippen LogP contribution < -0.4 is 4.74 Å². The summed E-state index contributed by atoms with van der Waals surface area (Å²) in [7, 11) is 0. The summed E-state index contributed by atoms with van der Waals surface area (Å²) in [6.45, 7) is 0.0567. The molecule has 1 atom stereocenters. The Morgan fingerprint density at radius 3 is 2.33 bits per heavy atom. The first kappa shape index (κ1) is 13.2. The Morgan fingerprint density at radius 2 is 1.73 bits per heavy atom. The van der Waals surface area contributed by atoms with E-state index < -0.39 is 6.10 Å². The molecule has 0 fully saturated rings. The molecule has 0 aromatic heterocycles. The minimum absolute atomic E-state index is 0.0567. The van der Waals surface area contributed by atoms with Crippen LogP contribution in [0.25, 0.3) is 0 Å². The van der Waals surface area contributed by atoms with Crippen LogP contribution in [0.1, 0.15) is 0 Å². The van der Waals surface area contributed by atoms with Crippen LogP contribution in [0.5, 0.6) is 5.75 Å². The lowest BCUT2D eigenvalue weighted by molar-refractivity contribution is 0.125. The maximum atomic E-state index is 9.17. The molecule has 1 aromatic rings. The van der Waals surface area contributed by atoms with Crippen LogP contribution in [-0.4, -0.2) is 23.7 Å². The van der Waals surface area contributed by atoms with Crippen molar-refractivity contribution >= 4 is 46.4 Å². The quantitative estimate of drug-likeness (QED) is 0.678. The zero-order valence-electron chi connectivity index (χ0n) is 7.51. The number of aliphatic hydroxyl groups excluding tert-OH is 1. The number of hydrogen-bond donors (Lipinski definition) is 1. The van der Waals surface area contributed by atoms with Crippen LogP contribution >= 0.6 is 46.4 Å². The van der Waals surface area contributed by atoms with Crippen molar-refractivity contribution in [2.45, 2.75) is 6.10 Å². The van der Waals surface area contributed by atoms with Gasteiger partial charge in [0.25, 0.3) is 0 Å². The Hall–Kier alpha value is 0.140. The Kier molecular flexibility index (Phi) is 5.30. The molecule has 84 valence electrons. The van der Waals surface area contributed by atoms with Gasteiger partial charge in [-0.15, -0.1) is 11.6 Å². The smallest absolute Gasteiger partial charge is 0.139 e. The first-order valence-electron chi connectivity index (χ1n) is 4.06. The van der Waals surface area contributed by atoms with E-state index in [-0.39, 0.29) is 12.5 Å². The van der Waals surface area contributed by atoms with Crippen LogP contribution in [0, 0.1) is 0 Å². The molecule has 2 nitrogen and oxygen atoms in total. The van der Waals surface area contributed by atoms with Crippen LogP contribution in [0.3, 0.4) is 0 Å². The van der Waals surface area contributed by atoms with E-state index in [9.17, 15) is 5.11 Å². The standard InChI is InChI=1S/C9H8Cl4O2/c10-3-5(14)4-15-9-2-7(12)6(11)1-8(9)13/h1-2,5,14H,3-4H2. The molecule has 0 aliphatic heterocycles. The summed E-state index contributed by atoms with van der Waals surface area (Å²) in [4.78, 5) is 0. The fraction of sp³-hybridized carbons (Fsp3) is 0.333. The lowest BCUT2D eigenvalue weighted by atomic mass is 10.3. The third-order valence-corrected chi connectivity index (χ3v) is 2.96. The highest BCUT2D eigenvalue weighted by molar-refractivity contribution is 6.43. The molecule has 0 aliphatic carbocycles. The number of aliphatic hydroxyl groups is 1. The predicted molar refractivity (Wildman–Crippen MR) is 63.7 cm³/mol. The van der Waals surface area contributed by atoms with E-state index in [1.54, 1.807) is 0 Å². The van der Waals surface area contributed by atoms with Crippen molar-refractivity contribution in [2.24, 2.45) is 0 Å². The van der Waals surface area contributed by atoms with Crippen molar-refractivity contribution in [2.75, 3.05) is 12.5 Å². The molecule has 1 unspecified atom stereocenters. The predicted octanol–water partition coefficient (Wildman–Crippen LogP) is 3.63. The van der Waals surface area contributed by atoms with Gasteiger partial charge in [0.1, 0.15) is 18.5 Å². The molecule has 1 aromatic carbocycles. The van der Waals surface area contributed by atoms with E-state index in [1.165, 1.54) is 12.1 Å². The summed E-state index contributed by atoms with van der Waals surface area (Å²) in [5.41, 5.74) is 0. The number of hydrogen-bond acceptors (Lipinski definition) is 2. The molecular formula is C9H8Cl4O2. The van der Waals surface area contributed by atoms with E-state index in [4.69, 9.17) is 51.1 Å². The molecule has 0 heterocycles. The monoisotopic (exact) mass is 288 g/mol. The average Bonchev–Trinajstić information content (AvgIpc) is 2.21. The third-order valence-electron chi connectivity index (χ3n) is 1.58.